The summed E-state index contributed by atoms with van der Waals surface area (Å²) in [4.78, 5) is 0. The van der Waals surface area contributed by atoms with E-state index in [1.165, 1.54) is 6.07 Å². The van der Waals surface area contributed by atoms with E-state index in [0.717, 1.165) is 32.0 Å². The van der Waals surface area contributed by atoms with E-state index in [2.05, 4.69) is 20.7 Å². The van der Waals surface area contributed by atoms with E-state index in [-0.39, 0.29) is 10.8 Å². The third-order valence-electron chi connectivity index (χ3n) is 4.01. The minimum absolute atomic E-state index is 0.211. The summed E-state index contributed by atoms with van der Waals surface area (Å²) in [5.74, 6) is 0.733. The van der Waals surface area contributed by atoms with Crippen LogP contribution in [0.4, 0.5) is 0 Å². The van der Waals surface area contributed by atoms with Crippen molar-refractivity contribution in [2.75, 3.05) is 6.61 Å². The van der Waals surface area contributed by atoms with E-state index < -0.39 is 16.1 Å². The molecular formula is C20H20BrNO4S2. The Balaban J connectivity index is 1.58. The number of hydrogen-bond acceptors (Lipinski definition) is 5. The lowest BCUT2D eigenvalue weighted by Crippen LogP contribution is -2.38. The first kappa shape index (κ1) is 21.0. The minimum atomic E-state index is -3.66. The number of rotatable bonds is 9. The second kappa shape index (κ2) is 9.67. The van der Waals surface area contributed by atoms with Gasteiger partial charge in [0, 0.05) is 6.04 Å². The molecule has 0 spiro atoms. The Hall–Kier alpha value is -1.71. The molecule has 3 rings (SSSR count). The molecule has 0 radical (unpaired) electrons. The lowest BCUT2D eigenvalue weighted by molar-refractivity contribution is 0.256. The Morgan fingerprint density at radius 2 is 1.71 bits per heavy atom. The molecule has 0 aliphatic heterocycles. The maximum Gasteiger partial charge on any atom is 0.250 e. The molecule has 1 aromatic heterocycles. The van der Waals surface area contributed by atoms with Gasteiger partial charge in [-0.05, 0) is 57.7 Å². The first-order valence-electron chi connectivity index (χ1n) is 8.60. The molecule has 0 bridgehead atoms. The molecule has 0 saturated heterocycles. The largest absolute Gasteiger partial charge is 0.489 e. The Labute approximate surface area is 177 Å². The average molecular weight is 482 g/mol. The summed E-state index contributed by atoms with van der Waals surface area (Å²) in [5, 5.41) is 9.61. The van der Waals surface area contributed by atoms with E-state index in [1.807, 2.05) is 54.6 Å². The summed E-state index contributed by atoms with van der Waals surface area (Å²) in [5.41, 5.74) is 1.99. The van der Waals surface area contributed by atoms with Crippen LogP contribution < -0.4 is 9.46 Å². The number of sulfonamides is 1. The van der Waals surface area contributed by atoms with Crippen LogP contribution in [-0.2, 0) is 23.1 Å². The molecule has 3 aromatic rings. The predicted molar refractivity (Wildman–Crippen MR) is 114 cm³/mol. The molecule has 148 valence electrons. The van der Waals surface area contributed by atoms with Crippen LogP contribution in [-0.4, -0.2) is 26.2 Å². The van der Waals surface area contributed by atoms with Gasteiger partial charge in [0.15, 0.2) is 0 Å². The number of aliphatic hydroxyl groups excluding tert-OH is 1. The molecule has 5 nitrogen and oxygen atoms in total. The molecule has 0 aliphatic rings. The third kappa shape index (κ3) is 5.89. The van der Waals surface area contributed by atoms with Crippen molar-refractivity contribution >= 4 is 37.3 Å². The maximum absolute atomic E-state index is 12.4. The molecule has 2 aromatic carbocycles. The maximum atomic E-state index is 12.4. The van der Waals surface area contributed by atoms with Gasteiger partial charge in [0.1, 0.15) is 16.6 Å². The van der Waals surface area contributed by atoms with Crippen LogP contribution in [0.5, 0.6) is 5.75 Å². The number of thiophene rings is 1. The SMILES string of the molecule is O=S(=O)(NC(CO)Cc1ccc(OCc2ccccc2)cc1)c1ccc(Br)s1. The summed E-state index contributed by atoms with van der Waals surface area (Å²) in [6, 6.07) is 19.9. The topological polar surface area (TPSA) is 75.6 Å². The fourth-order valence-corrected chi connectivity index (χ4v) is 5.86. The standard InChI is InChI=1S/C20H20BrNO4S2/c21-19-10-11-20(27-19)28(24,25)22-17(13-23)12-15-6-8-18(9-7-15)26-14-16-4-2-1-3-5-16/h1-11,17,22-23H,12-14H2. The normalized spacial score (nSPS) is 12.6. The lowest BCUT2D eigenvalue weighted by Gasteiger charge is -2.16. The van der Waals surface area contributed by atoms with Gasteiger partial charge in [-0.3, -0.25) is 0 Å². The summed E-state index contributed by atoms with van der Waals surface area (Å²) >= 11 is 4.39. The monoisotopic (exact) mass is 481 g/mol. The van der Waals surface area contributed by atoms with Crippen LogP contribution in [0.1, 0.15) is 11.1 Å². The Morgan fingerprint density at radius 1 is 1.00 bits per heavy atom. The molecule has 0 fully saturated rings. The summed E-state index contributed by atoms with van der Waals surface area (Å²) in [6.45, 7) is 0.188. The number of benzene rings is 2. The van der Waals surface area contributed by atoms with Gasteiger partial charge in [-0.25, -0.2) is 13.1 Å². The highest BCUT2D eigenvalue weighted by Gasteiger charge is 2.21. The van der Waals surface area contributed by atoms with Crippen LogP contribution in [0.3, 0.4) is 0 Å². The van der Waals surface area contributed by atoms with Crippen molar-refractivity contribution in [3.63, 3.8) is 0 Å². The smallest absolute Gasteiger partial charge is 0.250 e. The predicted octanol–water partition coefficient (Wildman–Crippen LogP) is 3.97. The molecule has 1 atom stereocenters. The van der Waals surface area contributed by atoms with E-state index >= 15 is 0 Å². The summed E-state index contributed by atoms with van der Waals surface area (Å²) in [7, 11) is -3.66. The second-order valence-electron chi connectivity index (χ2n) is 6.18. The molecule has 0 aliphatic carbocycles. The second-order valence-corrected chi connectivity index (χ2v) is 10.6. The first-order chi connectivity index (χ1) is 13.5. The molecule has 28 heavy (non-hydrogen) atoms. The highest BCUT2D eigenvalue weighted by Crippen LogP contribution is 2.26. The Kier molecular flexibility index (Phi) is 7.25. The Bertz CT molecular complexity index is 989. The number of ether oxygens (including phenoxy) is 1. The highest BCUT2D eigenvalue weighted by atomic mass is 79.9. The van der Waals surface area contributed by atoms with Crippen molar-refractivity contribution < 1.29 is 18.3 Å². The van der Waals surface area contributed by atoms with Crippen molar-refractivity contribution in [3.8, 4) is 5.75 Å². The molecule has 0 saturated carbocycles. The van der Waals surface area contributed by atoms with Crippen LogP contribution in [0.2, 0.25) is 0 Å². The van der Waals surface area contributed by atoms with Gasteiger partial charge in [0.25, 0.3) is 0 Å². The van der Waals surface area contributed by atoms with Crippen LogP contribution in [0.25, 0.3) is 0 Å². The molecule has 1 unspecified atom stereocenters. The van der Waals surface area contributed by atoms with E-state index in [4.69, 9.17) is 4.74 Å². The molecule has 1 heterocycles. The van der Waals surface area contributed by atoms with Crippen molar-refractivity contribution in [1.29, 1.82) is 0 Å². The van der Waals surface area contributed by atoms with Crippen molar-refractivity contribution in [3.05, 3.63) is 81.6 Å². The molecular weight excluding hydrogens is 462 g/mol. The quantitative estimate of drug-likeness (QED) is 0.484. The van der Waals surface area contributed by atoms with E-state index in [9.17, 15) is 13.5 Å². The summed E-state index contributed by atoms with van der Waals surface area (Å²) < 4.78 is 34.1. The number of hydrogen-bond donors (Lipinski definition) is 2. The van der Waals surface area contributed by atoms with Gasteiger partial charge < -0.3 is 9.84 Å². The van der Waals surface area contributed by atoms with Gasteiger partial charge in [-0.2, -0.15) is 0 Å². The fourth-order valence-electron chi connectivity index (χ4n) is 2.61. The lowest BCUT2D eigenvalue weighted by atomic mass is 10.1. The van der Waals surface area contributed by atoms with Gasteiger partial charge >= 0.3 is 0 Å². The van der Waals surface area contributed by atoms with Gasteiger partial charge in [-0.1, -0.05) is 42.5 Å². The number of aliphatic hydroxyl groups is 1. The minimum Gasteiger partial charge on any atom is -0.489 e. The summed E-state index contributed by atoms with van der Waals surface area (Å²) in [6.07, 6.45) is 0.376. The highest BCUT2D eigenvalue weighted by molar-refractivity contribution is 9.11. The van der Waals surface area contributed by atoms with Crippen LogP contribution in [0, 0.1) is 0 Å². The fraction of sp³-hybridized carbons (Fsp3) is 0.200. The van der Waals surface area contributed by atoms with Crippen LogP contribution >= 0.6 is 27.3 Å². The van der Waals surface area contributed by atoms with E-state index in [1.54, 1.807) is 6.07 Å². The van der Waals surface area contributed by atoms with Gasteiger partial charge in [-0.15, -0.1) is 11.3 Å². The van der Waals surface area contributed by atoms with Crippen molar-refractivity contribution in [2.24, 2.45) is 0 Å². The molecule has 2 N–H and O–H groups in total. The zero-order valence-corrected chi connectivity index (χ0v) is 18.1. The number of nitrogens with one attached hydrogen (secondary N) is 1. The van der Waals surface area contributed by atoms with Crippen LogP contribution in [0.15, 0.2) is 74.7 Å². The van der Waals surface area contributed by atoms with Crippen molar-refractivity contribution in [2.45, 2.75) is 23.3 Å². The van der Waals surface area contributed by atoms with Gasteiger partial charge in [0.05, 0.1) is 10.4 Å². The zero-order chi connectivity index (χ0) is 20.0. The van der Waals surface area contributed by atoms with Gasteiger partial charge in [0.2, 0.25) is 10.0 Å². The average Bonchev–Trinajstić information content (AvgIpc) is 3.15. The first-order valence-corrected chi connectivity index (χ1v) is 11.7. The van der Waals surface area contributed by atoms with Crippen molar-refractivity contribution in [1.82, 2.24) is 4.72 Å². The Morgan fingerprint density at radius 3 is 2.32 bits per heavy atom. The van der Waals surface area contributed by atoms with E-state index in [0.29, 0.717) is 13.0 Å². The molecule has 0 amide bonds. The number of halogens is 1. The third-order valence-corrected chi connectivity index (χ3v) is 7.65. The zero-order valence-electron chi connectivity index (χ0n) is 14.9. The molecule has 8 heteroatoms.